The number of rotatable bonds is 4. The molecule has 2 aliphatic heterocycles. The van der Waals surface area contributed by atoms with E-state index in [0.29, 0.717) is 0 Å². The minimum Gasteiger partial charge on any atom is -0.453 e. The van der Waals surface area contributed by atoms with Crippen molar-refractivity contribution in [2.75, 3.05) is 9.80 Å². The van der Waals surface area contributed by atoms with Crippen LogP contribution in [-0.2, 0) is 0 Å². The summed E-state index contributed by atoms with van der Waals surface area (Å²) >= 11 is 0. The van der Waals surface area contributed by atoms with Crippen LogP contribution >= 0.6 is 0 Å². The van der Waals surface area contributed by atoms with E-state index in [4.69, 9.17) is 14.5 Å². The Morgan fingerprint density at radius 3 is 1.37 bits per heavy atom. The Balaban J connectivity index is 1.13. The van der Waals surface area contributed by atoms with Gasteiger partial charge in [0.2, 0.25) is 0 Å². The first kappa shape index (κ1) is 30.3. The molecule has 0 saturated carbocycles. The molecule has 1 aromatic heterocycles. The monoisotopic (exact) mass is 693 g/mol. The lowest BCUT2D eigenvalue weighted by Gasteiger charge is -2.33. The van der Waals surface area contributed by atoms with Crippen molar-refractivity contribution in [1.29, 1.82) is 0 Å². The minimum atomic E-state index is 0.806. The van der Waals surface area contributed by atoms with Gasteiger partial charge in [-0.15, -0.1) is 0 Å². The average Bonchev–Trinajstić information content (AvgIpc) is 3.24. The van der Waals surface area contributed by atoms with Gasteiger partial charge < -0.3 is 19.3 Å². The van der Waals surface area contributed by atoms with Gasteiger partial charge in [0.25, 0.3) is 0 Å². The van der Waals surface area contributed by atoms with Crippen molar-refractivity contribution in [2.24, 2.45) is 0 Å². The Kier molecular flexibility index (Phi) is 6.79. The van der Waals surface area contributed by atoms with Crippen LogP contribution in [-0.4, -0.2) is 4.98 Å². The summed E-state index contributed by atoms with van der Waals surface area (Å²) in [5.74, 6) is 3.27. The highest BCUT2D eigenvalue weighted by Gasteiger charge is 2.29. The van der Waals surface area contributed by atoms with Crippen LogP contribution in [0.3, 0.4) is 0 Å². The predicted octanol–water partition coefficient (Wildman–Crippen LogP) is 13.9. The molecular weight excluding hydrogens is 663 g/mol. The number of fused-ring (bicyclic) bond motifs is 6. The molecule has 11 rings (SSSR count). The maximum absolute atomic E-state index is 6.51. The summed E-state index contributed by atoms with van der Waals surface area (Å²) in [7, 11) is 0. The maximum atomic E-state index is 6.51. The largest absolute Gasteiger partial charge is 0.453 e. The molecule has 0 saturated heterocycles. The summed E-state index contributed by atoms with van der Waals surface area (Å²) in [6.45, 7) is 0. The quantitative estimate of drug-likeness (QED) is 0.172. The van der Waals surface area contributed by atoms with E-state index in [0.717, 1.165) is 101 Å². The van der Waals surface area contributed by atoms with Crippen molar-refractivity contribution in [1.82, 2.24) is 4.98 Å². The van der Waals surface area contributed by atoms with E-state index < -0.39 is 0 Å². The van der Waals surface area contributed by atoms with E-state index in [2.05, 4.69) is 149 Å². The summed E-state index contributed by atoms with van der Waals surface area (Å²) in [4.78, 5) is 9.70. The Morgan fingerprint density at radius 2 is 0.796 bits per heavy atom. The summed E-state index contributed by atoms with van der Waals surface area (Å²) < 4.78 is 13.0. The molecule has 0 atom stereocenters. The fraction of sp³-hybridized carbons (Fsp3) is 0. The maximum Gasteiger partial charge on any atom is 0.151 e. The molecule has 54 heavy (non-hydrogen) atoms. The van der Waals surface area contributed by atoms with Gasteiger partial charge in [0, 0.05) is 28.5 Å². The van der Waals surface area contributed by atoms with E-state index in [-0.39, 0.29) is 0 Å². The second-order valence-electron chi connectivity index (χ2n) is 13.5. The number of hydrogen-bond acceptors (Lipinski definition) is 5. The van der Waals surface area contributed by atoms with Gasteiger partial charge in [-0.05, 0) is 106 Å². The second-order valence-corrected chi connectivity index (χ2v) is 13.5. The molecular formula is C49H31N3O2. The zero-order valence-corrected chi connectivity index (χ0v) is 29.1. The Labute approximate surface area is 312 Å². The van der Waals surface area contributed by atoms with Crippen LogP contribution in [0.1, 0.15) is 0 Å². The highest BCUT2D eigenvalue weighted by molar-refractivity contribution is 6.20. The Hall–Kier alpha value is -7.37. The van der Waals surface area contributed by atoms with Crippen LogP contribution in [0.5, 0.6) is 23.0 Å². The van der Waals surface area contributed by atoms with Crippen molar-refractivity contribution in [3.05, 3.63) is 188 Å². The fourth-order valence-electron chi connectivity index (χ4n) is 8.13. The zero-order chi connectivity index (χ0) is 35.6. The van der Waals surface area contributed by atoms with Gasteiger partial charge in [-0.3, -0.25) is 4.98 Å². The van der Waals surface area contributed by atoms with E-state index in [9.17, 15) is 0 Å². The first-order valence-corrected chi connectivity index (χ1v) is 18.1. The van der Waals surface area contributed by atoms with Gasteiger partial charge >= 0.3 is 0 Å². The molecule has 0 radical (unpaired) electrons. The molecule has 0 N–H and O–H groups in total. The van der Waals surface area contributed by atoms with Gasteiger partial charge in [0.15, 0.2) is 23.0 Å². The molecule has 0 bridgehead atoms. The van der Waals surface area contributed by atoms with Gasteiger partial charge in [-0.2, -0.15) is 0 Å². The van der Waals surface area contributed by atoms with Gasteiger partial charge in [0.1, 0.15) is 0 Å². The third kappa shape index (κ3) is 4.69. The molecule has 5 nitrogen and oxygen atoms in total. The van der Waals surface area contributed by atoms with Crippen molar-refractivity contribution >= 4 is 55.8 Å². The lowest BCUT2D eigenvalue weighted by atomic mass is 9.87. The van der Waals surface area contributed by atoms with E-state index in [1.807, 2.05) is 48.7 Å². The number of aromatic nitrogens is 1. The molecule has 0 unspecified atom stereocenters. The summed E-state index contributed by atoms with van der Waals surface area (Å²) in [6, 6.07) is 63.3. The SMILES string of the molecule is c1ccc(N2c3ccccc3Oc3ccc(-c4c5ccccc5c(-c5ccc6c(c5)N(c5ccccc5)c5ccccc5O6)c5ncccc45)cc32)cc1. The Morgan fingerprint density at radius 1 is 0.352 bits per heavy atom. The summed E-state index contributed by atoms with van der Waals surface area (Å²) in [6.07, 6.45) is 1.90. The van der Waals surface area contributed by atoms with Crippen LogP contribution in [0, 0.1) is 0 Å². The lowest BCUT2D eigenvalue weighted by molar-refractivity contribution is 0.477. The highest BCUT2D eigenvalue weighted by Crippen LogP contribution is 2.54. The molecule has 2 aliphatic rings. The minimum absolute atomic E-state index is 0.806. The lowest BCUT2D eigenvalue weighted by Crippen LogP contribution is -2.15. The van der Waals surface area contributed by atoms with Crippen LogP contribution in [0.4, 0.5) is 34.1 Å². The molecule has 0 spiro atoms. The topological polar surface area (TPSA) is 37.8 Å². The Bertz CT molecular complexity index is 2650. The highest BCUT2D eigenvalue weighted by atomic mass is 16.5. The predicted molar refractivity (Wildman–Crippen MR) is 220 cm³/mol. The first-order valence-electron chi connectivity index (χ1n) is 18.1. The smallest absolute Gasteiger partial charge is 0.151 e. The molecule has 0 aliphatic carbocycles. The van der Waals surface area contributed by atoms with Gasteiger partial charge in [-0.1, -0.05) is 103 Å². The molecule has 8 aromatic carbocycles. The van der Waals surface area contributed by atoms with Crippen LogP contribution < -0.4 is 19.3 Å². The number of anilines is 6. The van der Waals surface area contributed by atoms with Gasteiger partial charge in [0.05, 0.1) is 28.3 Å². The number of ether oxygens (including phenoxy) is 2. The van der Waals surface area contributed by atoms with Crippen LogP contribution in [0.25, 0.3) is 43.9 Å². The molecule has 254 valence electrons. The molecule has 5 heteroatoms. The summed E-state index contributed by atoms with van der Waals surface area (Å²) in [5.41, 5.74) is 11.4. The molecule has 9 aromatic rings. The van der Waals surface area contributed by atoms with E-state index in [1.54, 1.807) is 0 Å². The fourth-order valence-corrected chi connectivity index (χ4v) is 8.13. The normalized spacial score (nSPS) is 12.7. The zero-order valence-electron chi connectivity index (χ0n) is 29.1. The van der Waals surface area contributed by atoms with Crippen molar-refractivity contribution in [3.8, 4) is 45.3 Å². The average molecular weight is 694 g/mol. The second kappa shape index (κ2) is 12.1. The first-order chi connectivity index (χ1) is 26.8. The number of benzene rings is 8. The van der Waals surface area contributed by atoms with E-state index >= 15 is 0 Å². The van der Waals surface area contributed by atoms with Crippen LogP contribution in [0.15, 0.2) is 188 Å². The molecule has 0 fully saturated rings. The van der Waals surface area contributed by atoms with Gasteiger partial charge in [-0.25, -0.2) is 0 Å². The molecule has 3 heterocycles. The van der Waals surface area contributed by atoms with Crippen molar-refractivity contribution < 1.29 is 9.47 Å². The number of pyridine rings is 1. The van der Waals surface area contributed by atoms with Crippen LogP contribution in [0.2, 0.25) is 0 Å². The van der Waals surface area contributed by atoms with Crippen molar-refractivity contribution in [3.63, 3.8) is 0 Å². The number of nitrogens with zero attached hydrogens (tertiary/aromatic N) is 3. The third-order valence-electron chi connectivity index (χ3n) is 10.4. The summed E-state index contributed by atoms with van der Waals surface area (Å²) in [5, 5.41) is 3.35. The third-order valence-corrected chi connectivity index (χ3v) is 10.4. The van der Waals surface area contributed by atoms with Crippen molar-refractivity contribution in [2.45, 2.75) is 0 Å². The van der Waals surface area contributed by atoms with E-state index in [1.165, 1.54) is 0 Å². The standard InChI is InChI=1S/C49H31N3O2/c1-3-14-34(15-4-1)51-39-21-9-11-23-43(39)53-45-27-25-32(30-41(45)51)47-36-18-7-8-19-37(36)48(49-38(47)20-13-29-50-49)33-26-28-46-42(31-33)52(35-16-5-2-6-17-35)40-22-10-12-24-44(40)54-46/h1-31H. The number of para-hydroxylation sites is 6. The molecule has 0 amide bonds. The number of hydrogen-bond donors (Lipinski definition) is 0.